The van der Waals surface area contributed by atoms with Crippen molar-refractivity contribution in [3.63, 3.8) is 0 Å². The van der Waals surface area contributed by atoms with Crippen molar-refractivity contribution >= 4 is 0 Å². The summed E-state index contributed by atoms with van der Waals surface area (Å²) in [7, 11) is 0. The first-order valence-corrected chi connectivity index (χ1v) is 5.01. The van der Waals surface area contributed by atoms with Gasteiger partial charge in [-0.25, -0.2) is 0 Å². The average molecular weight is 188 g/mol. The Morgan fingerprint density at radius 1 is 1.36 bits per heavy atom. The molecule has 0 heterocycles. The minimum absolute atomic E-state index is 0.242. The van der Waals surface area contributed by atoms with Crippen molar-refractivity contribution in [2.75, 3.05) is 0 Å². The first-order chi connectivity index (χ1) is 6.48. The Labute approximate surface area is 85.8 Å². The van der Waals surface area contributed by atoms with Crippen LogP contribution in [-0.4, -0.2) is 0 Å². The minimum Gasteiger partial charge on any atom is -0.192 e. The molecule has 0 unspecified atom stereocenters. The van der Waals surface area contributed by atoms with Crippen molar-refractivity contribution in [1.29, 1.82) is 10.5 Å². The van der Waals surface area contributed by atoms with Crippen LogP contribution in [0.3, 0.4) is 0 Å². The highest BCUT2D eigenvalue weighted by molar-refractivity contribution is 5.41. The molecular formula is C12H16N2. The number of rotatable bonds is 0. The summed E-state index contributed by atoms with van der Waals surface area (Å²) >= 11 is 0. The molecule has 0 aliphatic heterocycles. The monoisotopic (exact) mass is 188 g/mol. The van der Waals surface area contributed by atoms with Gasteiger partial charge >= 0.3 is 0 Å². The molecule has 1 rings (SSSR count). The SMILES string of the molecule is C[C@H]1CC(=C(C#N)C#N)CC(C)(C)C1. The zero-order valence-electron chi connectivity index (χ0n) is 9.09. The number of hydrogen-bond acceptors (Lipinski definition) is 2. The van der Waals surface area contributed by atoms with Crippen LogP contribution in [0.4, 0.5) is 0 Å². The van der Waals surface area contributed by atoms with Gasteiger partial charge in [0.15, 0.2) is 0 Å². The lowest BCUT2D eigenvalue weighted by atomic mass is 9.70. The lowest BCUT2D eigenvalue weighted by Crippen LogP contribution is -2.23. The Balaban J connectivity index is 2.99. The molecule has 0 amide bonds. The van der Waals surface area contributed by atoms with Crippen LogP contribution in [0, 0.1) is 34.0 Å². The van der Waals surface area contributed by atoms with E-state index in [4.69, 9.17) is 10.5 Å². The summed E-state index contributed by atoms with van der Waals surface area (Å²) in [5.74, 6) is 0.588. The molecular weight excluding hydrogens is 172 g/mol. The van der Waals surface area contributed by atoms with Crippen LogP contribution in [0.15, 0.2) is 11.1 Å². The lowest BCUT2D eigenvalue weighted by Gasteiger charge is -2.35. The molecule has 0 N–H and O–H groups in total. The number of allylic oxidation sites excluding steroid dienone is 2. The van der Waals surface area contributed by atoms with Crippen LogP contribution in [0.2, 0.25) is 0 Å². The van der Waals surface area contributed by atoms with E-state index in [-0.39, 0.29) is 5.41 Å². The summed E-state index contributed by atoms with van der Waals surface area (Å²) in [6.45, 7) is 6.59. The predicted molar refractivity (Wildman–Crippen MR) is 55.0 cm³/mol. The van der Waals surface area contributed by atoms with Gasteiger partial charge in [-0.1, -0.05) is 20.8 Å². The predicted octanol–water partition coefficient (Wildman–Crippen LogP) is 3.18. The Morgan fingerprint density at radius 2 is 1.93 bits per heavy atom. The maximum atomic E-state index is 8.80. The fourth-order valence-corrected chi connectivity index (χ4v) is 2.53. The minimum atomic E-state index is 0.242. The highest BCUT2D eigenvalue weighted by Gasteiger charge is 2.30. The molecule has 0 saturated heterocycles. The van der Waals surface area contributed by atoms with Crippen molar-refractivity contribution in [2.45, 2.75) is 40.0 Å². The zero-order chi connectivity index (χ0) is 10.8. The fraction of sp³-hybridized carbons (Fsp3) is 0.667. The van der Waals surface area contributed by atoms with Crippen molar-refractivity contribution in [2.24, 2.45) is 11.3 Å². The molecule has 1 aliphatic rings. The normalized spacial score (nSPS) is 24.9. The first kappa shape index (κ1) is 10.8. The number of nitriles is 2. The maximum absolute atomic E-state index is 8.80. The van der Waals surface area contributed by atoms with E-state index < -0.39 is 0 Å². The summed E-state index contributed by atoms with van der Waals surface area (Å²) in [4.78, 5) is 0. The van der Waals surface area contributed by atoms with Gasteiger partial charge in [-0.05, 0) is 36.2 Å². The molecule has 2 heteroatoms. The van der Waals surface area contributed by atoms with E-state index in [0.29, 0.717) is 11.5 Å². The third kappa shape index (κ3) is 2.36. The Kier molecular flexibility index (Phi) is 2.96. The standard InChI is InChI=1S/C12H16N2/c1-9-4-10(11(7-13)8-14)6-12(2,3)5-9/h9H,4-6H2,1-3H3/t9-/m0/s1. The summed E-state index contributed by atoms with van der Waals surface area (Å²) in [5, 5.41) is 17.6. The van der Waals surface area contributed by atoms with Gasteiger partial charge in [0.2, 0.25) is 0 Å². The molecule has 1 saturated carbocycles. The van der Waals surface area contributed by atoms with Gasteiger partial charge in [0, 0.05) is 0 Å². The molecule has 74 valence electrons. The summed E-state index contributed by atoms with van der Waals surface area (Å²) in [6, 6.07) is 4.00. The average Bonchev–Trinajstić information content (AvgIpc) is 2.02. The number of hydrogen-bond donors (Lipinski definition) is 0. The second kappa shape index (κ2) is 3.84. The van der Waals surface area contributed by atoms with Gasteiger partial charge in [0.05, 0.1) is 0 Å². The van der Waals surface area contributed by atoms with E-state index in [1.165, 1.54) is 6.42 Å². The smallest absolute Gasteiger partial charge is 0.128 e. The van der Waals surface area contributed by atoms with Gasteiger partial charge in [-0.15, -0.1) is 0 Å². The van der Waals surface area contributed by atoms with Crippen LogP contribution in [-0.2, 0) is 0 Å². The first-order valence-electron chi connectivity index (χ1n) is 5.01. The van der Waals surface area contributed by atoms with Crippen molar-refractivity contribution in [1.82, 2.24) is 0 Å². The van der Waals surface area contributed by atoms with Crippen LogP contribution in [0.5, 0.6) is 0 Å². The molecule has 1 fully saturated rings. The molecule has 0 aromatic rings. The highest BCUT2D eigenvalue weighted by atomic mass is 14.4. The molecule has 0 radical (unpaired) electrons. The van der Waals surface area contributed by atoms with Crippen molar-refractivity contribution in [3.8, 4) is 12.1 Å². The van der Waals surface area contributed by atoms with Crippen LogP contribution >= 0.6 is 0 Å². The zero-order valence-corrected chi connectivity index (χ0v) is 9.09. The largest absolute Gasteiger partial charge is 0.192 e. The molecule has 0 bridgehead atoms. The topological polar surface area (TPSA) is 47.6 Å². The molecule has 2 nitrogen and oxygen atoms in total. The van der Waals surface area contributed by atoms with Gasteiger partial charge in [-0.2, -0.15) is 10.5 Å². The summed E-state index contributed by atoms with van der Waals surface area (Å²) < 4.78 is 0. The van der Waals surface area contributed by atoms with E-state index >= 15 is 0 Å². The molecule has 14 heavy (non-hydrogen) atoms. The lowest BCUT2D eigenvalue weighted by molar-refractivity contribution is 0.234. The third-order valence-corrected chi connectivity index (χ3v) is 2.77. The molecule has 0 aromatic heterocycles. The van der Waals surface area contributed by atoms with E-state index in [1.54, 1.807) is 0 Å². The van der Waals surface area contributed by atoms with Gasteiger partial charge in [-0.3, -0.25) is 0 Å². The second-order valence-corrected chi connectivity index (χ2v) is 5.06. The fourth-order valence-electron chi connectivity index (χ4n) is 2.53. The van der Waals surface area contributed by atoms with Gasteiger partial charge in [0.25, 0.3) is 0 Å². The van der Waals surface area contributed by atoms with E-state index in [9.17, 15) is 0 Å². The van der Waals surface area contributed by atoms with E-state index in [0.717, 1.165) is 18.4 Å². The Morgan fingerprint density at radius 3 is 2.36 bits per heavy atom. The summed E-state index contributed by atoms with van der Waals surface area (Å²) in [5.41, 5.74) is 1.63. The Hall–Kier alpha value is -1.28. The van der Waals surface area contributed by atoms with Crippen LogP contribution < -0.4 is 0 Å². The molecule has 0 aromatic carbocycles. The van der Waals surface area contributed by atoms with Crippen LogP contribution in [0.25, 0.3) is 0 Å². The van der Waals surface area contributed by atoms with Gasteiger partial charge < -0.3 is 0 Å². The van der Waals surface area contributed by atoms with Crippen molar-refractivity contribution in [3.05, 3.63) is 11.1 Å². The third-order valence-electron chi connectivity index (χ3n) is 2.77. The quantitative estimate of drug-likeness (QED) is 0.548. The number of nitrogens with zero attached hydrogens (tertiary/aromatic N) is 2. The Bertz CT molecular complexity index is 320. The second-order valence-electron chi connectivity index (χ2n) is 5.06. The van der Waals surface area contributed by atoms with Gasteiger partial charge in [0.1, 0.15) is 17.7 Å². The van der Waals surface area contributed by atoms with Crippen molar-refractivity contribution < 1.29 is 0 Å². The highest BCUT2D eigenvalue weighted by Crippen LogP contribution is 2.42. The van der Waals surface area contributed by atoms with Crippen LogP contribution in [0.1, 0.15) is 40.0 Å². The molecule has 1 atom stereocenters. The summed E-state index contributed by atoms with van der Waals surface area (Å²) in [6.07, 6.45) is 2.99. The molecule has 1 aliphatic carbocycles. The molecule has 0 spiro atoms. The van der Waals surface area contributed by atoms with E-state index in [2.05, 4.69) is 20.8 Å². The maximum Gasteiger partial charge on any atom is 0.128 e. The van der Waals surface area contributed by atoms with E-state index in [1.807, 2.05) is 12.1 Å².